The van der Waals surface area contributed by atoms with Gasteiger partial charge in [0, 0.05) is 5.92 Å². The average molecular weight is 1090 g/mol. The van der Waals surface area contributed by atoms with Gasteiger partial charge in [0.25, 0.3) is 0 Å². The molecule has 0 N–H and O–H groups in total. The maximum absolute atomic E-state index is 15.8. The van der Waals surface area contributed by atoms with Gasteiger partial charge in [-0.2, -0.15) is 17.6 Å². The van der Waals surface area contributed by atoms with E-state index in [-0.39, 0.29) is 57.4 Å². The van der Waals surface area contributed by atoms with E-state index in [1.165, 1.54) is 70.8 Å². The summed E-state index contributed by atoms with van der Waals surface area (Å²) < 4.78 is 148. The molecule has 0 saturated heterocycles. The molecule has 0 bridgehead atoms. The monoisotopic (exact) mass is 1090 g/mol. The van der Waals surface area contributed by atoms with E-state index < -0.39 is 72.0 Å². The molecule has 9 nitrogen and oxygen atoms in total. The quantitative estimate of drug-likeness (QED) is 0.0322. The van der Waals surface area contributed by atoms with Crippen LogP contribution < -0.4 is 29.6 Å². The van der Waals surface area contributed by atoms with Crippen LogP contribution >= 0.6 is 0 Å². The SMILES string of the molecule is Cc1ccc(C(c2ccccc2)(c2ccccc2)S(=O)(=O)C(F)(F)COC(=O)c2cccc(F)c2)cc1.Cc1ccc(C(c2ccccc2)c2ccccc2)cc1.O=C(OCC(F)(F)S(=O)(=O)[O-])c1cccc(F)c1.[Na+]. The van der Waals surface area contributed by atoms with E-state index in [1.807, 2.05) is 0 Å². The first-order chi connectivity index (χ1) is 35.6. The van der Waals surface area contributed by atoms with Crippen LogP contribution in [-0.4, -0.2) is 57.0 Å². The molecule has 0 heterocycles. The Morgan fingerprint density at radius 3 is 1.16 bits per heavy atom. The van der Waals surface area contributed by atoms with Crippen molar-refractivity contribution in [2.45, 2.75) is 35.0 Å². The van der Waals surface area contributed by atoms with Crippen LogP contribution in [0.3, 0.4) is 0 Å². The van der Waals surface area contributed by atoms with Gasteiger partial charge in [0.15, 0.2) is 28.1 Å². The average Bonchev–Trinajstić information content (AvgIpc) is 3.40. The summed E-state index contributed by atoms with van der Waals surface area (Å²) >= 11 is 0. The van der Waals surface area contributed by atoms with Crippen LogP contribution in [0.2, 0.25) is 0 Å². The van der Waals surface area contributed by atoms with Gasteiger partial charge in [0.1, 0.15) is 11.6 Å². The van der Waals surface area contributed by atoms with Crippen LogP contribution in [-0.2, 0) is 34.2 Å². The Morgan fingerprint density at radius 2 is 0.789 bits per heavy atom. The van der Waals surface area contributed by atoms with Crippen molar-refractivity contribution in [3.05, 3.63) is 286 Å². The molecule has 0 aliphatic heterocycles. The molecule has 0 saturated carbocycles. The number of halogens is 6. The topological polar surface area (TPSA) is 144 Å². The van der Waals surface area contributed by atoms with Gasteiger partial charge in [0.05, 0.1) is 11.1 Å². The van der Waals surface area contributed by atoms with Crippen molar-refractivity contribution in [1.29, 1.82) is 0 Å². The third-order valence-corrected chi connectivity index (χ3v) is 14.8. The van der Waals surface area contributed by atoms with E-state index >= 15 is 8.78 Å². The van der Waals surface area contributed by atoms with Crippen LogP contribution in [0.15, 0.2) is 218 Å². The fourth-order valence-corrected chi connectivity index (χ4v) is 10.0. The van der Waals surface area contributed by atoms with Gasteiger partial charge in [-0.15, -0.1) is 0 Å². The van der Waals surface area contributed by atoms with Gasteiger partial charge in [-0.3, -0.25) is 0 Å². The molecular weight excluding hydrogens is 1040 g/mol. The Kier molecular flexibility index (Phi) is 20.7. The number of carbonyl (C=O) groups is 2. The molecule has 0 aliphatic carbocycles. The Bertz CT molecular complexity index is 3320. The molecule has 0 fully saturated rings. The molecule has 0 spiro atoms. The summed E-state index contributed by atoms with van der Waals surface area (Å²) in [6.07, 6.45) is 0. The second-order valence-electron chi connectivity index (χ2n) is 16.8. The van der Waals surface area contributed by atoms with Crippen LogP contribution in [0.25, 0.3) is 0 Å². The molecule has 76 heavy (non-hydrogen) atoms. The summed E-state index contributed by atoms with van der Waals surface area (Å²) in [7, 11) is -11.4. The first-order valence-corrected chi connectivity index (χ1v) is 25.6. The number of alkyl halides is 4. The predicted molar refractivity (Wildman–Crippen MR) is 271 cm³/mol. The Morgan fingerprint density at radius 1 is 0.461 bits per heavy atom. The molecule has 0 aliphatic rings. The summed E-state index contributed by atoms with van der Waals surface area (Å²) in [6, 6.07) is 60.2. The van der Waals surface area contributed by atoms with Crippen molar-refractivity contribution < 1.29 is 96.4 Å². The molecule has 0 atom stereocenters. The third-order valence-electron chi connectivity index (χ3n) is 11.5. The van der Waals surface area contributed by atoms with Crippen LogP contribution in [0.5, 0.6) is 0 Å². The minimum Gasteiger partial charge on any atom is -0.743 e. The zero-order valence-corrected chi connectivity index (χ0v) is 44.7. The van der Waals surface area contributed by atoms with Crippen LogP contribution in [0, 0.1) is 25.5 Å². The summed E-state index contributed by atoms with van der Waals surface area (Å²) in [5.74, 6) is -3.89. The van der Waals surface area contributed by atoms with Gasteiger partial charge >= 0.3 is 52.0 Å². The van der Waals surface area contributed by atoms with Crippen molar-refractivity contribution >= 4 is 31.9 Å². The van der Waals surface area contributed by atoms with E-state index in [0.29, 0.717) is 12.0 Å². The largest absolute Gasteiger partial charge is 1.00 e. The summed E-state index contributed by atoms with van der Waals surface area (Å²) in [5.41, 5.74) is 5.73. The minimum atomic E-state index is -5.92. The van der Waals surface area contributed by atoms with E-state index in [1.54, 1.807) is 55.5 Å². The molecule has 0 unspecified atom stereocenters. The van der Waals surface area contributed by atoms with Gasteiger partial charge in [-0.05, 0) is 83.6 Å². The van der Waals surface area contributed by atoms with E-state index in [2.05, 4.69) is 96.6 Å². The van der Waals surface area contributed by atoms with Crippen LogP contribution in [0.4, 0.5) is 26.3 Å². The number of esters is 2. The standard InChI is InChI=1S/C29H23F3O4S.C20H18.C9H7F3O5S.Na/c1-21-15-17-25(18-16-21)29(23-10-4-2-5-11-23,24-12-6-3-7-13-24)37(34,35)28(31,32)20-36-27(33)22-9-8-14-26(30)19-22;1-16-12-14-19(15-13-16)20(17-8-4-2-5-9-17)18-10-6-3-7-11-18;10-7-3-1-2-6(4-7)8(13)17-5-9(11,12)18(14,15)16;/h2-19H,20H2,1H3;2-15,20H,1H3;1-4H,5H2,(H,14,15,16);/q;;;+1/p-1. The summed E-state index contributed by atoms with van der Waals surface area (Å²) in [4.78, 5) is 23.5. The zero-order valence-electron chi connectivity index (χ0n) is 41.0. The Balaban J connectivity index is 0.000000231. The predicted octanol–water partition coefficient (Wildman–Crippen LogP) is 9.59. The fraction of sp³-hybridized carbons (Fsp3) is 0.138. The number of hydrogen-bond acceptors (Lipinski definition) is 9. The first-order valence-electron chi connectivity index (χ1n) is 22.7. The molecule has 8 aromatic rings. The smallest absolute Gasteiger partial charge is 0.743 e. The first kappa shape index (κ1) is 60.0. The molecule has 8 aromatic carbocycles. The van der Waals surface area contributed by atoms with Crippen molar-refractivity contribution in [1.82, 2.24) is 0 Å². The van der Waals surface area contributed by atoms with E-state index in [4.69, 9.17) is 4.74 Å². The molecule has 0 radical (unpaired) electrons. The number of ether oxygens (including phenoxy) is 2. The number of hydrogen-bond donors (Lipinski definition) is 0. The maximum Gasteiger partial charge on any atom is 1.00 e. The molecule has 0 amide bonds. The normalized spacial score (nSPS) is 11.7. The third kappa shape index (κ3) is 14.5. The van der Waals surface area contributed by atoms with Gasteiger partial charge in [0.2, 0.25) is 9.84 Å². The number of rotatable bonds is 15. The number of carbonyl (C=O) groups excluding carboxylic acids is 2. The summed E-state index contributed by atoms with van der Waals surface area (Å²) in [6.45, 7) is 0.251. The number of aryl methyl sites for hydroxylation is 2. The maximum atomic E-state index is 15.8. The van der Waals surface area contributed by atoms with Gasteiger partial charge in [-0.25, -0.2) is 35.2 Å². The molecule has 8 rings (SSSR count). The van der Waals surface area contributed by atoms with Crippen LogP contribution in [0.1, 0.15) is 71.1 Å². The van der Waals surface area contributed by atoms with Crippen molar-refractivity contribution in [3.8, 4) is 0 Å². The van der Waals surface area contributed by atoms with Crippen molar-refractivity contribution in [3.63, 3.8) is 0 Å². The Labute approximate surface area is 459 Å². The van der Waals surface area contributed by atoms with Crippen molar-refractivity contribution in [2.24, 2.45) is 0 Å². The van der Waals surface area contributed by atoms with Gasteiger partial charge in [-0.1, -0.05) is 193 Å². The number of benzene rings is 8. The van der Waals surface area contributed by atoms with E-state index in [9.17, 15) is 48.5 Å². The molecule has 18 heteroatoms. The second kappa shape index (κ2) is 26.3. The molecule has 0 aromatic heterocycles. The number of sulfone groups is 1. The molecule has 388 valence electrons. The summed E-state index contributed by atoms with van der Waals surface area (Å²) in [5, 5.41) is -9.25. The second-order valence-corrected chi connectivity index (χ2v) is 20.6. The zero-order chi connectivity index (χ0) is 54.4. The molecular formula is C58H47F6NaO9S2. The minimum absolute atomic E-state index is 0. The Hall–Kier alpha value is -6.86. The van der Waals surface area contributed by atoms with Crippen molar-refractivity contribution in [2.75, 3.05) is 13.2 Å². The van der Waals surface area contributed by atoms with Gasteiger partial charge < -0.3 is 14.0 Å². The fourth-order valence-electron chi connectivity index (χ4n) is 7.80. The van der Waals surface area contributed by atoms with E-state index in [0.717, 1.165) is 35.9 Å².